The van der Waals surface area contributed by atoms with E-state index < -0.39 is 0 Å². The molecule has 3 N–H and O–H groups in total. The number of nitrogens with one attached hydrogen (secondary N) is 1. The van der Waals surface area contributed by atoms with Gasteiger partial charge in [0.25, 0.3) is 0 Å². The number of nitrogens with two attached hydrogens (primary N) is 1. The summed E-state index contributed by atoms with van der Waals surface area (Å²) in [6.45, 7) is 0. The molecule has 15 heavy (non-hydrogen) atoms. The van der Waals surface area contributed by atoms with Crippen molar-refractivity contribution in [3.63, 3.8) is 0 Å². The molecule has 0 aliphatic carbocycles. The highest BCUT2D eigenvalue weighted by Gasteiger charge is 2.16. The van der Waals surface area contributed by atoms with Crippen molar-refractivity contribution in [1.29, 1.82) is 0 Å². The molecule has 0 spiro atoms. The van der Waals surface area contributed by atoms with E-state index in [0.29, 0.717) is 5.84 Å². The van der Waals surface area contributed by atoms with Gasteiger partial charge in [-0.25, -0.2) is 11.3 Å². The average molecular weight is 205 g/mol. The first-order valence-electron chi connectivity index (χ1n) is 4.38. The molecular weight excluding hydrogens is 194 g/mol. The van der Waals surface area contributed by atoms with Crippen LogP contribution in [-0.4, -0.2) is 24.1 Å². The number of methoxy groups -OCH3 is 1. The normalized spacial score (nSPS) is 15.2. The summed E-state index contributed by atoms with van der Waals surface area (Å²) in [5.41, 5.74) is 3.60. The van der Waals surface area contributed by atoms with E-state index in [1.807, 2.05) is 30.3 Å². The molecule has 0 amide bonds. The highest BCUT2D eigenvalue weighted by Crippen LogP contribution is 2.05. The van der Waals surface area contributed by atoms with Crippen LogP contribution in [0.15, 0.2) is 40.5 Å². The van der Waals surface area contributed by atoms with Crippen LogP contribution in [0, 0.1) is 0 Å². The molecule has 78 valence electrons. The van der Waals surface area contributed by atoms with Crippen LogP contribution in [-0.2, 0) is 4.74 Å². The highest BCUT2D eigenvalue weighted by atomic mass is 16.5. The summed E-state index contributed by atoms with van der Waals surface area (Å²) in [7, 11) is 1.49. The second kappa shape index (κ2) is 3.97. The molecule has 0 aromatic heterocycles. The van der Waals surface area contributed by atoms with Crippen molar-refractivity contribution in [2.24, 2.45) is 16.0 Å². The zero-order valence-corrected chi connectivity index (χ0v) is 8.21. The number of hydrogen-bond donors (Lipinski definition) is 2. The quantitative estimate of drug-likeness (QED) is 0.635. The maximum atomic E-state index is 5.71. The van der Waals surface area contributed by atoms with Crippen LogP contribution in [0.25, 0.3) is 0 Å². The van der Waals surface area contributed by atoms with Crippen molar-refractivity contribution in [3.8, 4) is 0 Å². The molecule has 0 saturated heterocycles. The zero-order chi connectivity index (χ0) is 10.7. The monoisotopic (exact) mass is 205 g/mol. The van der Waals surface area contributed by atoms with Gasteiger partial charge in [-0.15, -0.1) is 5.10 Å². The Hall–Kier alpha value is -2.08. The third-order valence-corrected chi connectivity index (χ3v) is 1.91. The van der Waals surface area contributed by atoms with E-state index >= 15 is 0 Å². The minimum Gasteiger partial charge on any atom is -0.466 e. The Labute approximate surface area is 87.0 Å². The van der Waals surface area contributed by atoms with Crippen LogP contribution in [0.2, 0.25) is 0 Å². The molecule has 0 unspecified atom stereocenters. The van der Waals surface area contributed by atoms with E-state index in [9.17, 15) is 0 Å². The van der Waals surface area contributed by atoms with Crippen molar-refractivity contribution in [1.82, 2.24) is 10.5 Å². The van der Waals surface area contributed by atoms with Crippen molar-refractivity contribution >= 4 is 11.9 Å². The fraction of sp³-hybridized carbons (Fsp3) is 0.111. The van der Waals surface area contributed by atoms with Crippen molar-refractivity contribution in [2.75, 3.05) is 7.11 Å². The lowest BCUT2D eigenvalue weighted by Gasteiger charge is -2.23. The minimum atomic E-state index is 0.261. The molecule has 6 heteroatoms. The lowest BCUT2D eigenvalue weighted by atomic mass is 10.2. The summed E-state index contributed by atoms with van der Waals surface area (Å²) in [6.07, 6.45) is 0. The van der Waals surface area contributed by atoms with Crippen LogP contribution in [0.1, 0.15) is 5.56 Å². The summed E-state index contributed by atoms with van der Waals surface area (Å²) < 4.78 is 4.86. The first kappa shape index (κ1) is 9.47. The third kappa shape index (κ3) is 1.89. The lowest BCUT2D eigenvalue weighted by Crippen LogP contribution is -2.53. The Balaban J connectivity index is 2.31. The van der Waals surface area contributed by atoms with Gasteiger partial charge < -0.3 is 4.74 Å². The SMILES string of the molecule is COC1=NN=C(c2ccccc2)N(N)N1. The first-order valence-corrected chi connectivity index (χ1v) is 4.38. The summed E-state index contributed by atoms with van der Waals surface area (Å²) >= 11 is 0. The molecule has 0 saturated carbocycles. The Bertz CT molecular complexity index is 400. The Kier molecular flexibility index (Phi) is 2.51. The second-order valence-electron chi connectivity index (χ2n) is 2.88. The van der Waals surface area contributed by atoms with E-state index in [1.54, 1.807) is 0 Å². The number of rotatable bonds is 1. The molecule has 1 heterocycles. The molecule has 1 aliphatic heterocycles. The number of nitrogens with zero attached hydrogens (tertiary/aromatic N) is 3. The fourth-order valence-electron chi connectivity index (χ4n) is 1.19. The van der Waals surface area contributed by atoms with Gasteiger partial charge in [-0.05, 0) is 0 Å². The number of benzene rings is 1. The Morgan fingerprint density at radius 1 is 1.27 bits per heavy atom. The van der Waals surface area contributed by atoms with Gasteiger partial charge >= 0.3 is 6.02 Å². The first-order chi connectivity index (χ1) is 7.31. The van der Waals surface area contributed by atoms with E-state index in [2.05, 4.69) is 15.6 Å². The summed E-state index contributed by atoms with van der Waals surface area (Å²) in [5.74, 6) is 6.25. The standard InChI is InChI=1S/C9H11N5O/c1-15-9-12-11-8(14(10)13-9)7-5-3-2-4-6-7/h2-6H,10H2,1H3,(H,12,13). The number of hydrazine groups is 2. The smallest absolute Gasteiger partial charge is 0.329 e. The van der Waals surface area contributed by atoms with Gasteiger partial charge in [0.2, 0.25) is 0 Å². The minimum absolute atomic E-state index is 0.261. The molecule has 0 atom stereocenters. The van der Waals surface area contributed by atoms with Gasteiger partial charge in [-0.1, -0.05) is 35.4 Å². The van der Waals surface area contributed by atoms with Gasteiger partial charge in [-0.2, -0.15) is 5.12 Å². The van der Waals surface area contributed by atoms with Gasteiger partial charge in [0.15, 0.2) is 5.84 Å². The topological polar surface area (TPSA) is 75.2 Å². The molecule has 6 nitrogen and oxygen atoms in total. The maximum Gasteiger partial charge on any atom is 0.329 e. The molecule has 0 radical (unpaired) electrons. The third-order valence-electron chi connectivity index (χ3n) is 1.91. The predicted octanol–water partition coefficient (Wildman–Crippen LogP) is 0.0445. The largest absolute Gasteiger partial charge is 0.466 e. The number of amidine groups is 2. The molecule has 2 rings (SSSR count). The van der Waals surface area contributed by atoms with Gasteiger partial charge in [0.05, 0.1) is 7.11 Å². The van der Waals surface area contributed by atoms with E-state index in [1.165, 1.54) is 12.2 Å². The molecule has 0 bridgehead atoms. The Morgan fingerprint density at radius 3 is 2.60 bits per heavy atom. The molecule has 1 aromatic rings. The van der Waals surface area contributed by atoms with Crippen LogP contribution < -0.4 is 11.3 Å². The summed E-state index contributed by atoms with van der Waals surface area (Å²) in [6, 6.07) is 9.78. The highest BCUT2D eigenvalue weighted by molar-refractivity contribution is 6.00. The van der Waals surface area contributed by atoms with Crippen LogP contribution in [0.4, 0.5) is 0 Å². The fourth-order valence-corrected chi connectivity index (χ4v) is 1.19. The summed E-state index contributed by atoms with van der Waals surface area (Å²) in [4.78, 5) is 0. The second-order valence-corrected chi connectivity index (χ2v) is 2.88. The Morgan fingerprint density at radius 2 is 2.00 bits per heavy atom. The van der Waals surface area contributed by atoms with Crippen molar-refractivity contribution in [2.45, 2.75) is 0 Å². The zero-order valence-electron chi connectivity index (χ0n) is 8.21. The molecule has 1 aromatic carbocycles. The van der Waals surface area contributed by atoms with E-state index in [4.69, 9.17) is 10.6 Å². The maximum absolute atomic E-state index is 5.71. The van der Waals surface area contributed by atoms with Crippen LogP contribution in [0.3, 0.4) is 0 Å². The van der Waals surface area contributed by atoms with E-state index in [0.717, 1.165) is 5.56 Å². The molecular formula is C9H11N5O. The summed E-state index contributed by atoms with van der Waals surface area (Å²) in [5, 5.41) is 9.02. The van der Waals surface area contributed by atoms with Gasteiger partial charge in [0, 0.05) is 5.56 Å². The van der Waals surface area contributed by atoms with Gasteiger partial charge in [0.1, 0.15) is 0 Å². The average Bonchev–Trinajstić information content (AvgIpc) is 2.30. The lowest BCUT2D eigenvalue weighted by molar-refractivity contribution is 0.296. The van der Waals surface area contributed by atoms with Crippen LogP contribution >= 0.6 is 0 Å². The number of ether oxygens (including phenoxy) is 1. The van der Waals surface area contributed by atoms with Gasteiger partial charge in [-0.3, -0.25) is 0 Å². The van der Waals surface area contributed by atoms with Crippen LogP contribution in [0.5, 0.6) is 0 Å². The number of hydrogen-bond acceptors (Lipinski definition) is 6. The van der Waals surface area contributed by atoms with E-state index in [-0.39, 0.29) is 6.02 Å². The molecule has 0 fully saturated rings. The molecule has 1 aliphatic rings. The van der Waals surface area contributed by atoms with Crippen molar-refractivity contribution < 1.29 is 4.74 Å². The predicted molar refractivity (Wildman–Crippen MR) is 56.6 cm³/mol. The van der Waals surface area contributed by atoms with Crippen molar-refractivity contribution in [3.05, 3.63) is 35.9 Å².